The highest BCUT2D eigenvalue weighted by molar-refractivity contribution is 7.92. The van der Waals surface area contributed by atoms with Crippen LogP contribution in [-0.2, 0) is 19.4 Å². The summed E-state index contributed by atoms with van der Waals surface area (Å²) in [6.07, 6.45) is -11.5. The predicted octanol–water partition coefficient (Wildman–Crippen LogP) is 2.99. The van der Waals surface area contributed by atoms with Gasteiger partial charge < -0.3 is 0 Å². The quantitative estimate of drug-likeness (QED) is 0.572. The number of ketones is 2. The zero-order valence-corrected chi connectivity index (χ0v) is 14.0. The molecule has 0 unspecified atom stereocenters. The second-order valence-electron chi connectivity index (χ2n) is 4.86. The molecule has 0 saturated heterocycles. The Balaban J connectivity index is 0.000000488. The molecule has 0 aliphatic rings. The molecule has 0 heterocycles. The number of nitriles is 1. The average molecular weight is 403 g/mol. The Hall–Kier alpha value is -2.42. The van der Waals surface area contributed by atoms with E-state index >= 15 is 0 Å². The summed E-state index contributed by atoms with van der Waals surface area (Å²) in [5, 5.41) is 8.25. The van der Waals surface area contributed by atoms with Gasteiger partial charge in [-0.1, -0.05) is 12.1 Å². The maximum atomic E-state index is 11.8. The van der Waals surface area contributed by atoms with Crippen LogP contribution in [0.15, 0.2) is 29.2 Å². The summed E-state index contributed by atoms with van der Waals surface area (Å²) in [7, 11) is -3.34. The van der Waals surface area contributed by atoms with E-state index in [1.807, 2.05) is 6.07 Å². The van der Waals surface area contributed by atoms with Crippen molar-refractivity contribution in [3.63, 3.8) is 0 Å². The van der Waals surface area contributed by atoms with Crippen molar-refractivity contribution in [1.82, 2.24) is 0 Å². The first-order chi connectivity index (χ1) is 11.6. The maximum absolute atomic E-state index is 11.8. The van der Waals surface area contributed by atoms with Gasteiger partial charge in [-0.05, 0) is 26.0 Å². The first-order valence-electron chi connectivity index (χ1n) is 6.52. The fraction of sp³-hybridized carbons (Fsp3) is 0.357. The van der Waals surface area contributed by atoms with Gasteiger partial charge in [0.1, 0.15) is 6.07 Å². The summed E-state index contributed by atoms with van der Waals surface area (Å²) < 4.78 is 90.5. The predicted molar refractivity (Wildman–Crippen MR) is 75.6 cm³/mol. The molecule has 0 spiro atoms. The van der Waals surface area contributed by atoms with E-state index in [0.717, 1.165) is 0 Å². The molecule has 12 heteroatoms. The fourth-order valence-electron chi connectivity index (χ4n) is 1.32. The molecule has 5 nitrogen and oxygen atoms in total. The summed E-state index contributed by atoms with van der Waals surface area (Å²) in [5.74, 6) is -6.81. The third kappa shape index (κ3) is 6.14. The van der Waals surface area contributed by atoms with Crippen LogP contribution >= 0.6 is 0 Å². The van der Waals surface area contributed by atoms with Crippen molar-refractivity contribution in [3.8, 4) is 6.07 Å². The largest absolute Gasteiger partial charge is 0.458 e. The maximum Gasteiger partial charge on any atom is 0.458 e. The molecule has 144 valence electrons. The van der Waals surface area contributed by atoms with Crippen LogP contribution in [-0.4, -0.2) is 37.6 Å². The zero-order valence-electron chi connectivity index (χ0n) is 13.1. The van der Waals surface area contributed by atoms with E-state index < -0.39 is 39.0 Å². The molecule has 0 saturated carbocycles. The van der Waals surface area contributed by atoms with Gasteiger partial charge in [-0.3, -0.25) is 9.59 Å². The minimum atomic E-state index is -5.77. The highest BCUT2D eigenvalue weighted by Crippen LogP contribution is 2.24. The molecule has 0 aromatic heterocycles. The summed E-state index contributed by atoms with van der Waals surface area (Å²) in [5.41, 5.74) is 0.209. The lowest BCUT2D eigenvalue weighted by Crippen LogP contribution is -2.39. The van der Waals surface area contributed by atoms with E-state index in [1.54, 1.807) is 26.0 Å². The second-order valence-corrected chi connectivity index (χ2v) is 7.33. The summed E-state index contributed by atoms with van der Waals surface area (Å²) in [6.45, 7) is 3.20. The summed E-state index contributed by atoms with van der Waals surface area (Å²) in [4.78, 5) is 19.4. The van der Waals surface area contributed by atoms with Crippen LogP contribution < -0.4 is 0 Å². The van der Waals surface area contributed by atoms with E-state index in [-0.39, 0.29) is 10.5 Å². The second kappa shape index (κ2) is 8.31. The van der Waals surface area contributed by atoms with E-state index in [0.29, 0.717) is 0 Å². The Labute approximate surface area is 144 Å². The van der Waals surface area contributed by atoms with Crippen molar-refractivity contribution in [2.45, 2.75) is 36.3 Å². The standard InChI is InChI=1S/C10H11NO2S.C4F6O2/c1-8(2)14(12,13)10-6-4-3-5-9(10)7-11;5-3(6,7)1(11)2(12)4(8,9)10/h3-6,8H,1-2H3;. The lowest BCUT2D eigenvalue weighted by molar-refractivity contribution is -0.193. The molecule has 1 aromatic carbocycles. The van der Waals surface area contributed by atoms with Crippen molar-refractivity contribution in [2.75, 3.05) is 0 Å². The van der Waals surface area contributed by atoms with E-state index in [1.165, 1.54) is 12.1 Å². The SMILES string of the molecule is CC(C)S(=O)(=O)c1ccccc1C#N.O=C(C(=O)C(F)(F)F)C(F)(F)F. The molecular weight excluding hydrogens is 392 g/mol. The number of alkyl halides is 6. The van der Waals surface area contributed by atoms with Crippen molar-refractivity contribution < 1.29 is 44.3 Å². The number of nitrogens with zero attached hydrogens (tertiary/aromatic N) is 1. The number of hydrogen-bond donors (Lipinski definition) is 0. The topological polar surface area (TPSA) is 92.1 Å². The Morgan fingerprint density at radius 3 is 1.65 bits per heavy atom. The van der Waals surface area contributed by atoms with E-state index in [9.17, 15) is 44.3 Å². The number of carbonyl (C=O) groups is 2. The van der Waals surface area contributed by atoms with Crippen LogP contribution in [0.1, 0.15) is 19.4 Å². The van der Waals surface area contributed by atoms with Gasteiger partial charge in [0.05, 0.1) is 15.7 Å². The summed E-state index contributed by atoms with van der Waals surface area (Å²) >= 11 is 0. The van der Waals surface area contributed by atoms with Crippen molar-refractivity contribution in [2.24, 2.45) is 0 Å². The Morgan fingerprint density at radius 1 is 0.962 bits per heavy atom. The summed E-state index contributed by atoms with van der Waals surface area (Å²) in [6, 6.07) is 8.12. The first kappa shape index (κ1) is 23.6. The van der Waals surface area contributed by atoms with E-state index in [2.05, 4.69) is 0 Å². The molecule has 1 aromatic rings. The fourth-order valence-corrected chi connectivity index (χ4v) is 2.51. The Bertz CT molecular complexity index is 795. The third-order valence-electron chi connectivity index (χ3n) is 2.66. The number of Topliss-reactive ketones (excluding diaryl/α,β-unsaturated/α-hetero) is 2. The van der Waals surface area contributed by atoms with E-state index in [4.69, 9.17) is 5.26 Å². The molecular formula is C14H11F6NO4S. The number of rotatable bonds is 3. The molecule has 0 amide bonds. The Morgan fingerprint density at radius 2 is 1.35 bits per heavy atom. The lowest BCUT2D eigenvalue weighted by atomic mass is 10.2. The van der Waals surface area contributed by atoms with Crippen molar-refractivity contribution in [3.05, 3.63) is 29.8 Å². The van der Waals surface area contributed by atoms with Crippen LogP contribution in [0, 0.1) is 11.3 Å². The highest BCUT2D eigenvalue weighted by atomic mass is 32.2. The van der Waals surface area contributed by atoms with Gasteiger partial charge >= 0.3 is 23.9 Å². The van der Waals surface area contributed by atoms with Gasteiger partial charge in [-0.2, -0.15) is 31.6 Å². The van der Waals surface area contributed by atoms with Gasteiger partial charge in [0.15, 0.2) is 9.84 Å². The number of carbonyl (C=O) groups excluding carboxylic acids is 2. The molecule has 0 aliphatic heterocycles. The van der Waals surface area contributed by atoms with Crippen LogP contribution in [0.4, 0.5) is 26.3 Å². The monoisotopic (exact) mass is 403 g/mol. The number of sulfone groups is 1. The molecule has 1 rings (SSSR count). The number of hydrogen-bond acceptors (Lipinski definition) is 5. The van der Waals surface area contributed by atoms with Gasteiger partial charge in [0.2, 0.25) is 0 Å². The van der Waals surface area contributed by atoms with Gasteiger partial charge in [-0.15, -0.1) is 0 Å². The molecule has 0 atom stereocenters. The highest BCUT2D eigenvalue weighted by Gasteiger charge is 2.54. The number of benzene rings is 1. The van der Waals surface area contributed by atoms with Crippen LogP contribution in [0.2, 0.25) is 0 Å². The minimum Gasteiger partial charge on any atom is -0.280 e. The smallest absolute Gasteiger partial charge is 0.280 e. The van der Waals surface area contributed by atoms with Crippen molar-refractivity contribution in [1.29, 1.82) is 5.26 Å². The third-order valence-corrected chi connectivity index (χ3v) is 4.87. The van der Waals surface area contributed by atoms with Gasteiger partial charge in [0, 0.05) is 0 Å². The van der Waals surface area contributed by atoms with Crippen LogP contribution in [0.5, 0.6) is 0 Å². The molecule has 0 bridgehead atoms. The number of halogens is 6. The minimum absolute atomic E-state index is 0.123. The first-order valence-corrected chi connectivity index (χ1v) is 8.07. The molecule has 26 heavy (non-hydrogen) atoms. The zero-order chi connectivity index (χ0) is 20.9. The average Bonchev–Trinajstić information content (AvgIpc) is 2.52. The van der Waals surface area contributed by atoms with Crippen LogP contribution in [0.3, 0.4) is 0 Å². The van der Waals surface area contributed by atoms with Gasteiger partial charge in [0.25, 0.3) is 0 Å². The molecule has 0 radical (unpaired) electrons. The molecule has 0 N–H and O–H groups in total. The van der Waals surface area contributed by atoms with Gasteiger partial charge in [-0.25, -0.2) is 8.42 Å². The normalized spacial score (nSPS) is 12.0. The molecule has 0 fully saturated rings. The Kier molecular flexibility index (Phi) is 7.53. The van der Waals surface area contributed by atoms with Crippen molar-refractivity contribution >= 4 is 21.4 Å². The molecule has 0 aliphatic carbocycles. The lowest BCUT2D eigenvalue weighted by Gasteiger charge is -2.08. The van der Waals surface area contributed by atoms with Crippen LogP contribution in [0.25, 0.3) is 0 Å².